The number of nitrogens with zero attached hydrogens (tertiary/aromatic N) is 5. The van der Waals surface area contributed by atoms with Gasteiger partial charge in [0.25, 0.3) is 0 Å². The molecule has 2 fully saturated rings. The molecule has 9 rings (SSSR count). The van der Waals surface area contributed by atoms with Crippen LogP contribution in [0, 0.1) is 11.8 Å². The van der Waals surface area contributed by atoms with Crippen LogP contribution >= 0.6 is 0 Å². The number of likely N-dealkylation sites (tertiary alicyclic amines) is 2. The van der Waals surface area contributed by atoms with E-state index in [0.29, 0.717) is 42.8 Å². The Kier molecular flexibility index (Phi) is 13.9. The molecule has 380 valence electrons. The summed E-state index contributed by atoms with van der Waals surface area (Å²) >= 11 is 0. The lowest BCUT2D eigenvalue weighted by molar-refractivity contribution is -0.136. The van der Waals surface area contributed by atoms with E-state index < -0.39 is 48.1 Å². The van der Waals surface area contributed by atoms with Crippen LogP contribution in [0.3, 0.4) is 0 Å². The first-order valence-electron chi connectivity index (χ1n) is 24.6. The number of hydrogen-bond acceptors (Lipinski definition) is 12. The molecule has 0 spiro atoms. The van der Waals surface area contributed by atoms with Crippen LogP contribution in [-0.4, -0.2) is 116 Å². The van der Waals surface area contributed by atoms with E-state index in [1.54, 1.807) is 41.7 Å². The highest BCUT2D eigenvalue weighted by atomic mass is 16.7. The van der Waals surface area contributed by atoms with E-state index in [4.69, 9.17) is 33.7 Å². The minimum atomic E-state index is -0.927. The van der Waals surface area contributed by atoms with Crippen LogP contribution < -0.4 is 20.1 Å². The Morgan fingerprint density at radius 1 is 0.778 bits per heavy atom. The van der Waals surface area contributed by atoms with Crippen LogP contribution in [0.25, 0.3) is 33.6 Å². The summed E-state index contributed by atoms with van der Waals surface area (Å²) < 4.78 is 27.7. The zero-order chi connectivity index (χ0) is 51.0. The summed E-state index contributed by atoms with van der Waals surface area (Å²) in [5.41, 5.74) is 6.35. The lowest BCUT2D eigenvalue weighted by atomic mass is 10.0. The van der Waals surface area contributed by atoms with E-state index in [-0.39, 0.29) is 49.5 Å². The van der Waals surface area contributed by atoms with Gasteiger partial charge in [-0.2, -0.15) is 0 Å². The Bertz CT molecular complexity index is 2820. The average molecular weight is 986 g/mol. The summed E-state index contributed by atoms with van der Waals surface area (Å²) in [5, 5.41) is 5.49. The topological polar surface area (TPSA) is 223 Å². The fraction of sp³-hybridized carbons (Fsp3) is 0.453. The predicted molar refractivity (Wildman–Crippen MR) is 264 cm³/mol. The average Bonchev–Trinajstić information content (AvgIpc) is 4.22. The lowest BCUT2D eigenvalue weighted by Gasteiger charge is -2.31. The van der Waals surface area contributed by atoms with Gasteiger partial charge >= 0.3 is 18.3 Å². The number of benzene rings is 3. The molecule has 5 atom stereocenters. The molecule has 72 heavy (non-hydrogen) atoms. The number of fused-ring (bicyclic) bond motifs is 3. The lowest BCUT2D eigenvalue weighted by Crippen LogP contribution is -2.52. The van der Waals surface area contributed by atoms with Crippen LogP contribution in [0.2, 0.25) is 0 Å². The SMILES string of the molecule is COC(=O)NC(C(=O)N1CCC[C@H]1c1nc(-c2ccc(-c3ccc(-c4cnc([C@@H]5C[C@@H](OC(=O)N6Cc7ccc8c(c7C6)OCO8)CN5C(=O)[C@@H](NC(=O)OC(C)(C)C)C(C)C)[nH]4)cc3)cc2)c[nH]1)C(C)C. The number of hydrogen-bond donors (Lipinski definition) is 4. The number of ether oxygens (including phenoxy) is 5. The van der Waals surface area contributed by atoms with Crippen molar-refractivity contribution >= 4 is 30.1 Å². The van der Waals surface area contributed by atoms with Crippen molar-refractivity contribution in [2.24, 2.45) is 11.8 Å². The van der Waals surface area contributed by atoms with Crippen molar-refractivity contribution in [3.63, 3.8) is 0 Å². The first-order chi connectivity index (χ1) is 34.4. The van der Waals surface area contributed by atoms with E-state index in [2.05, 4.69) is 20.6 Å². The van der Waals surface area contributed by atoms with Gasteiger partial charge in [-0.3, -0.25) is 14.5 Å². The molecule has 1 unspecified atom stereocenters. The second-order valence-corrected chi connectivity index (χ2v) is 20.5. The Balaban J connectivity index is 0.883. The summed E-state index contributed by atoms with van der Waals surface area (Å²) in [4.78, 5) is 88.4. The Morgan fingerprint density at radius 3 is 2.10 bits per heavy atom. The van der Waals surface area contributed by atoms with Gasteiger partial charge in [-0.15, -0.1) is 0 Å². The molecule has 3 aromatic carbocycles. The maximum atomic E-state index is 14.5. The number of aromatic amines is 2. The Hall–Kier alpha value is -7.57. The maximum Gasteiger partial charge on any atom is 0.410 e. The maximum absolute atomic E-state index is 14.5. The first-order valence-corrected chi connectivity index (χ1v) is 24.6. The molecule has 2 aromatic heterocycles. The molecule has 0 radical (unpaired) electrons. The summed E-state index contributed by atoms with van der Waals surface area (Å²) in [6, 6.07) is 17.5. The van der Waals surface area contributed by atoms with Gasteiger partial charge in [0.2, 0.25) is 18.6 Å². The number of methoxy groups -OCH3 is 1. The fourth-order valence-corrected chi connectivity index (χ4v) is 9.88. The number of carbonyl (C=O) groups is 5. The molecule has 0 bridgehead atoms. The summed E-state index contributed by atoms with van der Waals surface area (Å²) in [6.45, 7) is 14.2. The Morgan fingerprint density at radius 2 is 1.43 bits per heavy atom. The second kappa shape index (κ2) is 20.3. The smallest absolute Gasteiger partial charge is 0.410 e. The van der Waals surface area contributed by atoms with Crippen LogP contribution in [-0.2, 0) is 36.9 Å². The van der Waals surface area contributed by atoms with Gasteiger partial charge in [0.1, 0.15) is 35.4 Å². The van der Waals surface area contributed by atoms with E-state index >= 15 is 0 Å². The van der Waals surface area contributed by atoms with E-state index in [1.165, 1.54) is 7.11 Å². The second-order valence-electron chi connectivity index (χ2n) is 20.5. The van der Waals surface area contributed by atoms with Crippen molar-refractivity contribution in [1.29, 1.82) is 0 Å². The summed E-state index contributed by atoms with van der Waals surface area (Å²) in [5.74, 6) is 1.58. The highest BCUT2D eigenvalue weighted by Crippen LogP contribution is 2.42. The third kappa shape index (κ3) is 10.4. The van der Waals surface area contributed by atoms with Crippen molar-refractivity contribution in [1.82, 2.24) is 45.3 Å². The monoisotopic (exact) mass is 985 g/mol. The molecule has 0 aliphatic carbocycles. The van der Waals surface area contributed by atoms with Crippen LogP contribution in [0.15, 0.2) is 73.1 Å². The van der Waals surface area contributed by atoms with Gasteiger partial charge in [0.15, 0.2) is 11.5 Å². The minimum Gasteiger partial charge on any atom is -0.454 e. The molecule has 19 nitrogen and oxygen atoms in total. The molecule has 4 aliphatic heterocycles. The quantitative estimate of drug-likeness (QED) is 0.0868. The third-order valence-corrected chi connectivity index (χ3v) is 13.6. The number of carbonyl (C=O) groups excluding carboxylic acids is 5. The zero-order valence-electron chi connectivity index (χ0n) is 41.9. The van der Waals surface area contributed by atoms with E-state index in [9.17, 15) is 24.0 Å². The minimum absolute atomic E-state index is 0.0864. The molecule has 4 aliphatic rings. The van der Waals surface area contributed by atoms with Gasteiger partial charge < -0.3 is 54.1 Å². The molecule has 5 aromatic rings. The molecule has 6 heterocycles. The highest BCUT2D eigenvalue weighted by Gasteiger charge is 2.44. The van der Waals surface area contributed by atoms with Gasteiger partial charge in [-0.1, -0.05) is 82.3 Å². The number of H-pyrrole nitrogens is 2. The largest absolute Gasteiger partial charge is 0.454 e. The van der Waals surface area contributed by atoms with Crippen LogP contribution in [0.1, 0.15) is 103 Å². The highest BCUT2D eigenvalue weighted by molar-refractivity contribution is 5.87. The van der Waals surface area contributed by atoms with Crippen LogP contribution in [0.5, 0.6) is 11.5 Å². The molecule has 19 heteroatoms. The number of alkyl carbamates (subject to hydrolysis) is 2. The van der Waals surface area contributed by atoms with Crippen molar-refractivity contribution in [2.75, 3.05) is 27.0 Å². The number of aromatic nitrogens is 4. The van der Waals surface area contributed by atoms with Gasteiger partial charge in [-0.25, -0.2) is 24.4 Å². The predicted octanol–water partition coefficient (Wildman–Crippen LogP) is 8.25. The molecule has 2 saturated heterocycles. The van der Waals surface area contributed by atoms with Gasteiger partial charge in [0, 0.05) is 36.8 Å². The number of imidazole rings is 2. The third-order valence-electron chi connectivity index (χ3n) is 13.6. The molecule has 0 saturated carbocycles. The standard InChI is InChI=1S/C53H63N9O10/c1-29(2)43(58-50(65)68-8)48(63)61-21-9-10-40(61)46-54-23-38(56-46)33-15-11-31(12-16-33)32-13-17-34(18-14-32)39-24-55-47(57-39)41-22-36(26-62(41)49(64)44(30(3)4)59-51(66)72-53(5,6)7)71-52(67)60-25-35-19-20-42-45(37(35)27-60)70-28-69-42/h11-20,23-24,29-30,36,40-41,43-44H,9-10,21-22,25-28H2,1-8H3,(H,54,56)(H,55,57)(H,58,65)(H,59,66)/t36-,40+,41+,43?,44+/m1/s1. The normalized spacial score (nSPS) is 19.1. The van der Waals surface area contributed by atoms with Crippen molar-refractivity contribution < 1.29 is 47.7 Å². The molecular weight excluding hydrogens is 923 g/mol. The van der Waals surface area contributed by atoms with Gasteiger partial charge in [-0.05, 0) is 73.8 Å². The molecule has 5 amide bonds. The van der Waals surface area contributed by atoms with Crippen LogP contribution in [0.4, 0.5) is 14.4 Å². The number of rotatable bonds is 12. The van der Waals surface area contributed by atoms with Crippen molar-refractivity contribution in [3.05, 3.63) is 95.8 Å². The van der Waals surface area contributed by atoms with E-state index in [0.717, 1.165) is 57.6 Å². The number of amides is 5. The fourth-order valence-electron chi connectivity index (χ4n) is 9.88. The number of nitrogens with one attached hydrogen (secondary N) is 4. The van der Waals surface area contributed by atoms with Gasteiger partial charge in [0.05, 0.1) is 49.9 Å². The summed E-state index contributed by atoms with van der Waals surface area (Å²) in [7, 11) is 1.28. The van der Waals surface area contributed by atoms with E-state index in [1.807, 2.05) is 94.6 Å². The first kappa shape index (κ1) is 49.4. The van der Waals surface area contributed by atoms with Crippen molar-refractivity contribution in [2.45, 2.75) is 117 Å². The molecular formula is C53H63N9O10. The molecule has 4 N–H and O–H groups in total. The zero-order valence-corrected chi connectivity index (χ0v) is 41.9. The van der Waals surface area contributed by atoms with Crippen molar-refractivity contribution in [3.8, 4) is 45.1 Å². The summed E-state index contributed by atoms with van der Waals surface area (Å²) in [6.07, 6.45) is 2.91. The Labute approximate surface area is 418 Å².